The van der Waals surface area contributed by atoms with Crippen molar-refractivity contribution in [3.8, 4) is 5.69 Å². The molecule has 4 aromatic rings. The van der Waals surface area contributed by atoms with Crippen LogP contribution in [0.4, 0.5) is 16.0 Å². The molecule has 9 heteroatoms. The number of ether oxygens (including phenoxy) is 1. The average molecular weight is 529 g/mol. The molecule has 0 radical (unpaired) electrons. The minimum Gasteiger partial charge on any atom is -0.374 e. The molecule has 0 fully saturated rings. The van der Waals surface area contributed by atoms with Crippen LogP contribution in [0, 0.1) is 12.7 Å². The van der Waals surface area contributed by atoms with Crippen molar-refractivity contribution >= 4 is 51.8 Å². The van der Waals surface area contributed by atoms with E-state index in [0.29, 0.717) is 35.3 Å². The van der Waals surface area contributed by atoms with E-state index in [4.69, 9.17) is 32.9 Å². The van der Waals surface area contributed by atoms with Crippen molar-refractivity contribution in [2.45, 2.75) is 33.3 Å². The third kappa shape index (κ3) is 5.64. The first kappa shape index (κ1) is 25.9. The summed E-state index contributed by atoms with van der Waals surface area (Å²) < 4.78 is 22.0. The quantitative estimate of drug-likeness (QED) is 0.247. The van der Waals surface area contributed by atoms with Gasteiger partial charge in [-0.2, -0.15) is 0 Å². The third-order valence-corrected chi connectivity index (χ3v) is 6.23. The molecule has 0 unspecified atom stereocenters. The lowest BCUT2D eigenvalue weighted by atomic mass is 10.1. The van der Waals surface area contributed by atoms with Crippen LogP contribution in [0.25, 0.3) is 16.7 Å². The minimum atomic E-state index is -0.690. The van der Waals surface area contributed by atoms with Crippen LogP contribution in [0.2, 0.25) is 10.0 Å². The Bertz CT molecular complexity index is 1410. The van der Waals surface area contributed by atoms with E-state index < -0.39 is 11.7 Å². The molecule has 4 rings (SSSR count). The maximum atomic E-state index is 14.3. The number of hydrogen-bond donors (Lipinski definition) is 2. The molecule has 6 nitrogen and oxygen atoms in total. The molecular formula is C27H27Cl2FN4O2. The number of hydrogen-bond acceptors (Lipinski definition) is 4. The summed E-state index contributed by atoms with van der Waals surface area (Å²) >= 11 is 12.5. The summed E-state index contributed by atoms with van der Waals surface area (Å²) in [5, 5.41) is 6.75. The lowest BCUT2D eigenvalue weighted by Gasteiger charge is -2.20. The van der Waals surface area contributed by atoms with Gasteiger partial charge in [-0.05, 0) is 75.7 Å². The molecule has 0 aliphatic heterocycles. The van der Waals surface area contributed by atoms with Gasteiger partial charge in [0.1, 0.15) is 5.82 Å². The molecule has 0 atom stereocenters. The largest absolute Gasteiger partial charge is 0.374 e. The van der Waals surface area contributed by atoms with E-state index in [1.165, 1.54) is 18.2 Å². The summed E-state index contributed by atoms with van der Waals surface area (Å²) in [7, 11) is 0. The molecule has 0 spiro atoms. The molecule has 1 amide bonds. The first-order valence-electron chi connectivity index (χ1n) is 11.5. The van der Waals surface area contributed by atoms with Crippen LogP contribution in [-0.2, 0) is 4.74 Å². The number of imidazole rings is 1. The summed E-state index contributed by atoms with van der Waals surface area (Å²) in [4.78, 5) is 17.6. The Hall–Kier alpha value is -3.13. The highest BCUT2D eigenvalue weighted by Crippen LogP contribution is 2.31. The fourth-order valence-corrected chi connectivity index (χ4v) is 4.20. The van der Waals surface area contributed by atoms with Crippen LogP contribution < -0.4 is 10.6 Å². The summed E-state index contributed by atoms with van der Waals surface area (Å²) in [6.07, 6.45) is 0. The second kappa shape index (κ2) is 10.5. The number of carbonyl (C=O) groups is 1. The maximum Gasteiger partial charge on any atom is 0.260 e. The van der Waals surface area contributed by atoms with Crippen LogP contribution in [0.3, 0.4) is 0 Å². The number of anilines is 2. The summed E-state index contributed by atoms with van der Waals surface area (Å²) in [6, 6.07) is 15.1. The van der Waals surface area contributed by atoms with Gasteiger partial charge in [-0.25, -0.2) is 9.37 Å². The number of nitrogens with zero attached hydrogens (tertiary/aromatic N) is 2. The Labute approximate surface area is 219 Å². The number of amides is 1. The van der Waals surface area contributed by atoms with Gasteiger partial charge in [-0.15, -0.1) is 0 Å². The first-order valence-corrected chi connectivity index (χ1v) is 12.2. The normalized spacial score (nSPS) is 11.6. The van der Waals surface area contributed by atoms with Gasteiger partial charge in [0.2, 0.25) is 5.95 Å². The molecule has 36 heavy (non-hydrogen) atoms. The fourth-order valence-electron chi connectivity index (χ4n) is 3.78. The van der Waals surface area contributed by atoms with Gasteiger partial charge < -0.3 is 15.4 Å². The molecule has 0 bridgehead atoms. The van der Waals surface area contributed by atoms with Crippen LogP contribution in [0.5, 0.6) is 0 Å². The van der Waals surface area contributed by atoms with E-state index in [1.807, 2.05) is 50.5 Å². The molecule has 188 valence electrons. The Morgan fingerprint density at radius 1 is 1.08 bits per heavy atom. The lowest BCUT2D eigenvalue weighted by Crippen LogP contribution is -2.23. The number of aromatic nitrogens is 2. The van der Waals surface area contributed by atoms with Crippen molar-refractivity contribution in [3.63, 3.8) is 0 Å². The Balaban J connectivity index is 1.73. The van der Waals surface area contributed by atoms with Crippen molar-refractivity contribution in [1.29, 1.82) is 0 Å². The highest BCUT2D eigenvalue weighted by molar-refractivity contribution is 6.34. The highest BCUT2D eigenvalue weighted by atomic mass is 35.5. The molecule has 0 saturated carbocycles. The predicted octanol–water partition coefficient (Wildman–Crippen LogP) is 7.26. The number of rotatable bonds is 7. The molecule has 0 aliphatic carbocycles. The minimum absolute atomic E-state index is 0.0390. The van der Waals surface area contributed by atoms with Crippen molar-refractivity contribution in [2.24, 2.45) is 0 Å². The van der Waals surface area contributed by atoms with Crippen molar-refractivity contribution < 1.29 is 13.9 Å². The third-order valence-electron chi connectivity index (χ3n) is 5.50. The maximum absolute atomic E-state index is 14.3. The van der Waals surface area contributed by atoms with E-state index in [-0.39, 0.29) is 16.2 Å². The number of halogens is 3. The molecule has 3 aromatic carbocycles. The van der Waals surface area contributed by atoms with Gasteiger partial charge in [0, 0.05) is 17.3 Å². The second-order valence-electron chi connectivity index (χ2n) is 9.30. The van der Waals surface area contributed by atoms with Gasteiger partial charge in [-0.1, -0.05) is 35.3 Å². The SMILES string of the molecule is Cc1c(Cl)cccc1-n1c(NCCOC(C)(C)C)nc2ccc(NC(=O)c3c(F)cccc3Cl)cc21. The van der Waals surface area contributed by atoms with Crippen molar-refractivity contribution in [2.75, 3.05) is 23.8 Å². The van der Waals surface area contributed by atoms with Gasteiger partial charge in [0.05, 0.1) is 39.5 Å². The summed E-state index contributed by atoms with van der Waals surface area (Å²) in [5.74, 6) is -0.724. The standard InChI is InChI=1S/C27H27Cl2FN4O2/c1-16-18(28)7-6-10-22(16)34-23-15-17(32-25(35)24-19(29)8-5-9-20(24)30)11-12-21(23)33-26(34)31-13-14-36-27(2,3)4/h5-12,15H,13-14H2,1-4H3,(H,31,33)(H,32,35). The van der Waals surface area contributed by atoms with Gasteiger partial charge in [0.15, 0.2) is 0 Å². The first-order chi connectivity index (χ1) is 17.0. The molecule has 2 N–H and O–H groups in total. The van der Waals surface area contributed by atoms with E-state index in [1.54, 1.807) is 18.2 Å². The predicted molar refractivity (Wildman–Crippen MR) is 144 cm³/mol. The second-order valence-corrected chi connectivity index (χ2v) is 10.1. The number of carbonyl (C=O) groups excluding carboxylic acids is 1. The monoisotopic (exact) mass is 528 g/mol. The van der Waals surface area contributed by atoms with Crippen LogP contribution in [0.15, 0.2) is 54.6 Å². The van der Waals surface area contributed by atoms with Gasteiger partial charge in [0.25, 0.3) is 5.91 Å². The van der Waals surface area contributed by atoms with Crippen LogP contribution in [0.1, 0.15) is 36.7 Å². The Morgan fingerprint density at radius 2 is 1.81 bits per heavy atom. The number of benzene rings is 3. The highest BCUT2D eigenvalue weighted by Gasteiger charge is 2.19. The Morgan fingerprint density at radius 3 is 2.53 bits per heavy atom. The molecule has 1 aromatic heterocycles. The zero-order valence-electron chi connectivity index (χ0n) is 20.5. The van der Waals surface area contributed by atoms with E-state index in [2.05, 4.69) is 10.6 Å². The van der Waals surface area contributed by atoms with Gasteiger partial charge >= 0.3 is 0 Å². The molecule has 1 heterocycles. The summed E-state index contributed by atoms with van der Waals surface area (Å²) in [6.45, 7) is 8.97. The van der Waals surface area contributed by atoms with E-state index in [0.717, 1.165) is 16.8 Å². The molecular weight excluding hydrogens is 502 g/mol. The smallest absolute Gasteiger partial charge is 0.260 e. The van der Waals surface area contributed by atoms with Crippen molar-refractivity contribution in [1.82, 2.24) is 9.55 Å². The van der Waals surface area contributed by atoms with Gasteiger partial charge in [-0.3, -0.25) is 9.36 Å². The average Bonchev–Trinajstić information content (AvgIpc) is 3.15. The lowest BCUT2D eigenvalue weighted by molar-refractivity contribution is 0.00327. The number of fused-ring (bicyclic) bond motifs is 1. The van der Waals surface area contributed by atoms with Crippen LogP contribution in [-0.4, -0.2) is 34.2 Å². The number of nitrogens with one attached hydrogen (secondary N) is 2. The molecule has 0 aliphatic rings. The zero-order valence-corrected chi connectivity index (χ0v) is 22.0. The Kier molecular flexibility index (Phi) is 7.54. The van der Waals surface area contributed by atoms with Crippen LogP contribution >= 0.6 is 23.2 Å². The molecule has 0 saturated heterocycles. The van der Waals surface area contributed by atoms with E-state index in [9.17, 15) is 9.18 Å². The van der Waals surface area contributed by atoms with Crippen molar-refractivity contribution in [3.05, 3.63) is 81.6 Å². The van der Waals surface area contributed by atoms with E-state index >= 15 is 0 Å². The topological polar surface area (TPSA) is 68.2 Å². The summed E-state index contributed by atoms with van der Waals surface area (Å²) in [5.41, 5.74) is 3.16. The fraction of sp³-hybridized carbons (Fsp3) is 0.259. The zero-order chi connectivity index (χ0) is 26.0.